The fourth-order valence-electron chi connectivity index (χ4n) is 3.40. The molecule has 0 radical (unpaired) electrons. The van der Waals surface area contributed by atoms with Gasteiger partial charge in [-0.1, -0.05) is 26.2 Å². The zero-order valence-electron chi connectivity index (χ0n) is 11.5. The summed E-state index contributed by atoms with van der Waals surface area (Å²) in [6.45, 7) is 6.06. The van der Waals surface area contributed by atoms with Crippen LogP contribution in [0.3, 0.4) is 0 Å². The van der Waals surface area contributed by atoms with Gasteiger partial charge in [-0.15, -0.1) is 0 Å². The van der Waals surface area contributed by atoms with Gasteiger partial charge in [0, 0.05) is 6.04 Å². The Bertz CT molecular complexity index is 189. The van der Waals surface area contributed by atoms with E-state index in [2.05, 4.69) is 17.6 Å². The Morgan fingerprint density at radius 1 is 0.941 bits per heavy atom. The highest BCUT2D eigenvalue weighted by molar-refractivity contribution is 4.77. The minimum atomic E-state index is 0.786. The van der Waals surface area contributed by atoms with E-state index in [9.17, 15) is 0 Å². The number of rotatable bonds is 4. The summed E-state index contributed by atoms with van der Waals surface area (Å²) in [6, 6.07) is 0.786. The van der Waals surface area contributed by atoms with Gasteiger partial charge in [0.25, 0.3) is 0 Å². The molecular weight excluding hydrogens is 208 g/mol. The van der Waals surface area contributed by atoms with E-state index in [1.807, 2.05) is 0 Å². The van der Waals surface area contributed by atoms with Crippen LogP contribution in [-0.2, 0) is 0 Å². The van der Waals surface area contributed by atoms with Crippen LogP contribution in [0.1, 0.15) is 58.3 Å². The van der Waals surface area contributed by atoms with Crippen LogP contribution in [0.2, 0.25) is 0 Å². The molecule has 2 heteroatoms. The van der Waals surface area contributed by atoms with Crippen LogP contribution in [-0.4, -0.2) is 25.7 Å². The lowest BCUT2D eigenvalue weighted by Gasteiger charge is -2.29. The van der Waals surface area contributed by atoms with Crippen LogP contribution in [0.5, 0.6) is 0 Å². The van der Waals surface area contributed by atoms with Gasteiger partial charge in [0.15, 0.2) is 0 Å². The first-order valence-electron chi connectivity index (χ1n) is 7.82. The second kappa shape index (κ2) is 7.38. The molecule has 1 unspecified atom stereocenters. The molecule has 0 aromatic rings. The molecule has 2 fully saturated rings. The van der Waals surface area contributed by atoms with Gasteiger partial charge in [-0.3, -0.25) is 0 Å². The van der Waals surface area contributed by atoms with Crippen LogP contribution >= 0.6 is 0 Å². The van der Waals surface area contributed by atoms with E-state index in [0.29, 0.717) is 0 Å². The topological polar surface area (TPSA) is 24.1 Å². The van der Waals surface area contributed by atoms with Gasteiger partial charge < -0.3 is 10.6 Å². The summed E-state index contributed by atoms with van der Waals surface area (Å²) < 4.78 is 0. The average Bonchev–Trinajstić information content (AvgIpc) is 2.65. The maximum absolute atomic E-state index is 3.82. The first-order chi connectivity index (χ1) is 8.38. The smallest absolute Gasteiger partial charge is 0.00797 e. The molecule has 2 N–H and O–H groups in total. The predicted octanol–water partition coefficient (Wildman–Crippen LogP) is 2.93. The minimum Gasteiger partial charge on any atom is -0.317 e. The molecule has 1 saturated carbocycles. The van der Waals surface area contributed by atoms with E-state index >= 15 is 0 Å². The summed E-state index contributed by atoms with van der Waals surface area (Å²) in [4.78, 5) is 0. The Labute approximate surface area is 107 Å². The highest BCUT2D eigenvalue weighted by Gasteiger charge is 2.20. The van der Waals surface area contributed by atoms with Crippen LogP contribution in [0.4, 0.5) is 0 Å². The van der Waals surface area contributed by atoms with E-state index in [1.165, 1.54) is 71.0 Å². The van der Waals surface area contributed by atoms with Gasteiger partial charge in [-0.2, -0.15) is 0 Å². The van der Waals surface area contributed by atoms with E-state index in [1.54, 1.807) is 0 Å². The third-order valence-corrected chi connectivity index (χ3v) is 4.81. The van der Waals surface area contributed by atoms with Crippen LogP contribution < -0.4 is 10.6 Å². The standard InChI is InChI=1S/C15H30N2/c1-2-13-5-7-14(8-6-13)12-17-15-4-3-10-16-11-9-15/h13-17H,2-12H2,1H3. The second-order valence-electron chi connectivity index (χ2n) is 6.08. The van der Waals surface area contributed by atoms with Gasteiger partial charge in [-0.25, -0.2) is 0 Å². The monoisotopic (exact) mass is 238 g/mol. The molecule has 0 spiro atoms. The minimum absolute atomic E-state index is 0.786. The molecular formula is C15H30N2. The third-order valence-electron chi connectivity index (χ3n) is 4.81. The molecule has 1 aliphatic carbocycles. The fraction of sp³-hybridized carbons (Fsp3) is 1.00. The lowest BCUT2D eigenvalue weighted by atomic mass is 9.81. The van der Waals surface area contributed by atoms with Crippen molar-refractivity contribution in [3.05, 3.63) is 0 Å². The van der Waals surface area contributed by atoms with Gasteiger partial charge in [-0.05, 0) is 63.6 Å². The summed E-state index contributed by atoms with van der Waals surface area (Å²) in [5.74, 6) is 2.00. The van der Waals surface area contributed by atoms with Gasteiger partial charge in [0.05, 0.1) is 0 Å². The highest BCUT2D eigenvalue weighted by atomic mass is 14.9. The largest absolute Gasteiger partial charge is 0.317 e. The molecule has 1 atom stereocenters. The van der Waals surface area contributed by atoms with Crippen molar-refractivity contribution in [3.8, 4) is 0 Å². The molecule has 2 aliphatic rings. The quantitative estimate of drug-likeness (QED) is 0.787. The predicted molar refractivity (Wildman–Crippen MR) is 74.3 cm³/mol. The van der Waals surface area contributed by atoms with Gasteiger partial charge >= 0.3 is 0 Å². The van der Waals surface area contributed by atoms with E-state index < -0.39 is 0 Å². The summed E-state index contributed by atoms with van der Waals surface area (Å²) in [6.07, 6.45) is 11.3. The molecule has 1 saturated heterocycles. The van der Waals surface area contributed by atoms with Crippen LogP contribution in [0.25, 0.3) is 0 Å². The summed E-state index contributed by atoms with van der Waals surface area (Å²) in [5.41, 5.74) is 0. The molecule has 2 nitrogen and oxygen atoms in total. The fourth-order valence-corrected chi connectivity index (χ4v) is 3.40. The lowest BCUT2D eigenvalue weighted by molar-refractivity contribution is 0.254. The van der Waals surface area contributed by atoms with Crippen molar-refractivity contribution in [2.24, 2.45) is 11.8 Å². The first-order valence-corrected chi connectivity index (χ1v) is 7.82. The zero-order chi connectivity index (χ0) is 11.9. The molecule has 100 valence electrons. The molecule has 0 bridgehead atoms. The molecule has 2 rings (SSSR count). The van der Waals surface area contributed by atoms with Crippen LogP contribution in [0.15, 0.2) is 0 Å². The van der Waals surface area contributed by atoms with E-state index in [-0.39, 0.29) is 0 Å². The summed E-state index contributed by atoms with van der Waals surface area (Å²) >= 11 is 0. The van der Waals surface area contributed by atoms with E-state index in [0.717, 1.165) is 17.9 Å². The average molecular weight is 238 g/mol. The Kier molecular flexibility index (Phi) is 5.79. The molecule has 0 aromatic carbocycles. The molecule has 0 amide bonds. The van der Waals surface area contributed by atoms with Crippen molar-refractivity contribution < 1.29 is 0 Å². The van der Waals surface area contributed by atoms with Gasteiger partial charge in [0.2, 0.25) is 0 Å². The number of hydrogen-bond donors (Lipinski definition) is 2. The zero-order valence-corrected chi connectivity index (χ0v) is 11.5. The Hall–Kier alpha value is -0.0800. The Morgan fingerprint density at radius 3 is 2.47 bits per heavy atom. The molecule has 17 heavy (non-hydrogen) atoms. The molecule has 1 aliphatic heterocycles. The van der Waals surface area contributed by atoms with Crippen LogP contribution in [0, 0.1) is 11.8 Å². The summed E-state index contributed by atoms with van der Waals surface area (Å²) in [5, 5.41) is 7.31. The Balaban J connectivity index is 1.61. The SMILES string of the molecule is CCC1CCC(CNC2CCCNCC2)CC1. The number of hydrogen-bond acceptors (Lipinski definition) is 2. The second-order valence-corrected chi connectivity index (χ2v) is 6.08. The molecule has 0 aromatic heterocycles. The van der Waals surface area contributed by atoms with Crippen molar-refractivity contribution in [2.75, 3.05) is 19.6 Å². The normalized spacial score (nSPS) is 35.5. The highest BCUT2D eigenvalue weighted by Crippen LogP contribution is 2.30. The number of nitrogens with one attached hydrogen (secondary N) is 2. The van der Waals surface area contributed by atoms with Gasteiger partial charge in [0.1, 0.15) is 0 Å². The first kappa shape index (κ1) is 13.4. The molecule has 1 heterocycles. The Morgan fingerprint density at radius 2 is 1.71 bits per heavy atom. The van der Waals surface area contributed by atoms with E-state index in [4.69, 9.17) is 0 Å². The van der Waals surface area contributed by atoms with Crippen molar-refractivity contribution in [1.82, 2.24) is 10.6 Å². The summed E-state index contributed by atoms with van der Waals surface area (Å²) in [7, 11) is 0. The van der Waals surface area contributed by atoms with Crippen molar-refractivity contribution >= 4 is 0 Å². The maximum Gasteiger partial charge on any atom is 0.00797 e. The van der Waals surface area contributed by atoms with Crippen molar-refractivity contribution in [2.45, 2.75) is 64.3 Å². The lowest BCUT2D eigenvalue weighted by Crippen LogP contribution is -2.35. The maximum atomic E-state index is 3.82. The van der Waals surface area contributed by atoms with Crippen molar-refractivity contribution in [1.29, 1.82) is 0 Å². The third kappa shape index (κ3) is 4.59. The van der Waals surface area contributed by atoms with Crippen molar-refractivity contribution in [3.63, 3.8) is 0 Å².